The highest BCUT2D eigenvalue weighted by Gasteiger charge is 2.19. The van der Waals surface area contributed by atoms with Crippen molar-refractivity contribution in [1.29, 1.82) is 0 Å². The average Bonchev–Trinajstić information content (AvgIpc) is 3.05. The summed E-state index contributed by atoms with van der Waals surface area (Å²) in [6.07, 6.45) is 4.06. The van der Waals surface area contributed by atoms with Crippen molar-refractivity contribution in [2.45, 2.75) is 24.5 Å². The minimum atomic E-state index is -3.55. The predicted molar refractivity (Wildman–Crippen MR) is 188 cm³/mol. The van der Waals surface area contributed by atoms with Gasteiger partial charge in [-0.15, -0.1) is 0 Å². The molecule has 0 aliphatic heterocycles. The molecule has 0 saturated heterocycles. The number of aliphatic hydroxyl groups excluding tert-OH is 1. The molecule has 6 aromatic rings. The van der Waals surface area contributed by atoms with Crippen LogP contribution in [0.2, 0.25) is 10.0 Å². The van der Waals surface area contributed by atoms with Gasteiger partial charge < -0.3 is 10.4 Å². The van der Waals surface area contributed by atoms with E-state index in [1.807, 2.05) is 32.0 Å². The first kappa shape index (κ1) is 34.6. The first-order valence-corrected chi connectivity index (χ1v) is 17.1. The van der Waals surface area contributed by atoms with Crippen LogP contribution in [0.15, 0.2) is 87.8 Å². The van der Waals surface area contributed by atoms with E-state index in [9.17, 15) is 23.1 Å². The van der Waals surface area contributed by atoms with Crippen molar-refractivity contribution in [1.82, 2.24) is 29.1 Å². The highest BCUT2D eigenvalue weighted by Crippen LogP contribution is 2.28. The molecule has 48 heavy (non-hydrogen) atoms. The second-order valence-corrected chi connectivity index (χ2v) is 14.4. The maximum absolute atomic E-state index is 12.8. The van der Waals surface area contributed by atoms with Gasteiger partial charge in [0.1, 0.15) is 11.3 Å². The van der Waals surface area contributed by atoms with Crippen LogP contribution in [-0.2, 0) is 23.9 Å². The van der Waals surface area contributed by atoms with Gasteiger partial charge in [-0.05, 0) is 38.1 Å². The Kier molecular flexibility index (Phi) is 9.70. The van der Waals surface area contributed by atoms with Crippen molar-refractivity contribution in [2.75, 3.05) is 18.2 Å². The number of halogens is 2. The molecule has 12 nitrogen and oxygen atoms in total. The summed E-state index contributed by atoms with van der Waals surface area (Å²) in [5, 5.41) is 14.4. The number of aliphatic hydroxyl groups is 1. The highest BCUT2D eigenvalue weighted by atomic mass is 35.5. The Morgan fingerprint density at radius 2 is 1.23 bits per heavy atom. The SMILES string of the molecule is Cn1c(=O)c(-c2ccccc2Cl)cc2cnc(NC(C)(C)CO)nc21.Cn1c(=O)c(-c2ccccc2Cl)cc2cnc(S(C)(=O)=O)nc21. The molecular formula is C33H31Cl2N7O5S. The molecule has 0 aliphatic carbocycles. The van der Waals surface area contributed by atoms with Crippen LogP contribution in [-0.4, -0.2) is 61.0 Å². The van der Waals surface area contributed by atoms with Crippen molar-refractivity contribution in [3.05, 3.63) is 104 Å². The number of hydrogen-bond acceptors (Lipinski definition) is 10. The van der Waals surface area contributed by atoms with Crippen LogP contribution in [0.4, 0.5) is 5.95 Å². The monoisotopic (exact) mass is 707 g/mol. The van der Waals surface area contributed by atoms with Gasteiger partial charge in [-0.2, -0.15) is 9.97 Å². The van der Waals surface area contributed by atoms with Gasteiger partial charge in [-0.1, -0.05) is 59.6 Å². The number of aryl methyl sites for hydroxylation is 2. The van der Waals surface area contributed by atoms with Gasteiger partial charge in [0.25, 0.3) is 11.1 Å². The number of fused-ring (bicyclic) bond motifs is 2. The van der Waals surface area contributed by atoms with E-state index < -0.39 is 15.4 Å². The van der Waals surface area contributed by atoms with Crippen LogP contribution < -0.4 is 16.4 Å². The molecule has 2 aromatic carbocycles. The molecule has 248 valence electrons. The number of nitrogens with zero attached hydrogens (tertiary/aromatic N) is 6. The maximum atomic E-state index is 12.8. The zero-order valence-electron chi connectivity index (χ0n) is 26.6. The summed E-state index contributed by atoms with van der Waals surface area (Å²) in [4.78, 5) is 41.9. The molecule has 15 heteroatoms. The van der Waals surface area contributed by atoms with Gasteiger partial charge in [0, 0.05) is 75.8 Å². The van der Waals surface area contributed by atoms with E-state index in [1.165, 1.54) is 22.4 Å². The summed E-state index contributed by atoms with van der Waals surface area (Å²) in [5.74, 6) is 0.354. The van der Waals surface area contributed by atoms with Crippen LogP contribution in [0.25, 0.3) is 44.3 Å². The zero-order chi connectivity index (χ0) is 35.0. The van der Waals surface area contributed by atoms with E-state index >= 15 is 0 Å². The molecule has 0 saturated carbocycles. The van der Waals surface area contributed by atoms with Gasteiger partial charge in [-0.3, -0.25) is 18.7 Å². The van der Waals surface area contributed by atoms with E-state index in [2.05, 4.69) is 25.3 Å². The lowest BCUT2D eigenvalue weighted by molar-refractivity contribution is 0.233. The number of sulfone groups is 1. The lowest BCUT2D eigenvalue weighted by atomic mass is 10.1. The number of nitrogens with one attached hydrogen (secondary N) is 1. The topological polar surface area (TPSA) is 162 Å². The van der Waals surface area contributed by atoms with Gasteiger partial charge in [0.05, 0.1) is 12.1 Å². The smallest absolute Gasteiger partial charge is 0.259 e. The van der Waals surface area contributed by atoms with E-state index in [1.54, 1.807) is 55.7 Å². The number of anilines is 1. The molecule has 4 aromatic heterocycles. The van der Waals surface area contributed by atoms with Gasteiger partial charge in [0.2, 0.25) is 20.9 Å². The van der Waals surface area contributed by atoms with Crippen LogP contribution in [0.3, 0.4) is 0 Å². The molecule has 0 aliphatic rings. The molecule has 0 amide bonds. The van der Waals surface area contributed by atoms with E-state index in [0.29, 0.717) is 49.3 Å². The number of rotatable bonds is 6. The van der Waals surface area contributed by atoms with Crippen molar-refractivity contribution in [3.8, 4) is 22.3 Å². The molecule has 2 N–H and O–H groups in total. The van der Waals surface area contributed by atoms with E-state index in [-0.39, 0.29) is 28.5 Å². The van der Waals surface area contributed by atoms with E-state index in [0.717, 1.165) is 11.6 Å². The normalized spacial score (nSPS) is 11.8. The second kappa shape index (κ2) is 13.4. The standard InChI is InChI=1S/C18H19ClN4O2.C15H12ClN3O3S/c1-18(2,10-24)22-17-20-9-11-8-13(12-6-4-5-7-14(12)19)16(25)23(3)15(11)21-17;1-19-13-9(8-17-15(18-13)23(2,21)22)7-11(14(19)20)10-5-3-4-6-12(10)16/h4-9,24H,10H2,1-3H3,(H,20,21,22);3-8H,1-2H3. The molecule has 0 radical (unpaired) electrons. The minimum Gasteiger partial charge on any atom is -0.394 e. The largest absolute Gasteiger partial charge is 0.394 e. The molecule has 6 rings (SSSR count). The summed E-state index contributed by atoms with van der Waals surface area (Å²) < 4.78 is 25.9. The second-order valence-electron chi connectivity index (χ2n) is 11.6. The van der Waals surface area contributed by atoms with Gasteiger partial charge >= 0.3 is 0 Å². The van der Waals surface area contributed by atoms with Gasteiger partial charge in [0.15, 0.2) is 0 Å². The summed E-state index contributed by atoms with van der Waals surface area (Å²) in [7, 11) is -0.354. The quantitative estimate of drug-likeness (QED) is 0.228. The fourth-order valence-electron chi connectivity index (χ4n) is 4.80. The highest BCUT2D eigenvalue weighted by molar-refractivity contribution is 7.90. The lowest BCUT2D eigenvalue weighted by Gasteiger charge is -2.23. The van der Waals surface area contributed by atoms with Crippen LogP contribution in [0.5, 0.6) is 0 Å². The summed E-state index contributed by atoms with van der Waals surface area (Å²) >= 11 is 12.4. The zero-order valence-corrected chi connectivity index (χ0v) is 28.9. The maximum Gasteiger partial charge on any atom is 0.259 e. The Morgan fingerprint density at radius 1 is 0.771 bits per heavy atom. The lowest BCUT2D eigenvalue weighted by Crippen LogP contribution is -2.35. The Labute approximate surface area is 285 Å². The third-order valence-electron chi connectivity index (χ3n) is 7.38. The number of hydrogen-bond donors (Lipinski definition) is 2. The minimum absolute atomic E-state index is 0.0707. The summed E-state index contributed by atoms with van der Waals surface area (Å²) in [6, 6.07) is 17.6. The molecule has 4 heterocycles. The fraction of sp³-hybridized carbons (Fsp3) is 0.212. The Bertz CT molecular complexity index is 2430. The third-order valence-corrected chi connectivity index (χ3v) is 8.90. The van der Waals surface area contributed by atoms with Gasteiger partial charge in [-0.25, -0.2) is 18.4 Å². The first-order chi connectivity index (χ1) is 22.6. The fourth-order valence-corrected chi connectivity index (χ4v) is 5.78. The number of aromatic nitrogens is 6. The van der Waals surface area contributed by atoms with Crippen molar-refractivity contribution in [2.24, 2.45) is 14.1 Å². The molecule has 0 unspecified atom stereocenters. The molecular weight excluding hydrogens is 677 g/mol. The third kappa shape index (κ3) is 7.09. The molecule has 0 spiro atoms. The van der Waals surface area contributed by atoms with Crippen LogP contribution >= 0.6 is 23.2 Å². The number of benzene rings is 2. The molecule has 0 fully saturated rings. The molecule has 0 bridgehead atoms. The number of pyridine rings is 2. The summed E-state index contributed by atoms with van der Waals surface area (Å²) in [6.45, 7) is 3.60. The van der Waals surface area contributed by atoms with E-state index in [4.69, 9.17) is 23.2 Å². The Balaban J connectivity index is 0.000000188. The van der Waals surface area contributed by atoms with Crippen LogP contribution in [0, 0.1) is 0 Å². The Hall–Kier alpha value is -4.69. The first-order valence-electron chi connectivity index (χ1n) is 14.4. The van der Waals surface area contributed by atoms with Crippen molar-refractivity contribution < 1.29 is 13.5 Å². The average molecular weight is 709 g/mol. The predicted octanol–water partition coefficient (Wildman–Crippen LogP) is 4.88. The Morgan fingerprint density at radius 3 is 1.69 bits per heavy atom. The van der Waals surface area contributed by atoms with Crippen molar-refractivity contribution >= 4 is 61.1 Å². The van der Waals surface area contributed by atoms with Crippen LogP contribution in [0.1, 0.15) is 13.8 Å². The summed E-state index contributed by atoms with van der Waals surface area (Å²) in [5.41, 5.74) is 1.87. The molecule has 0 atom stereocenters. The van der Waals surface area contributed by atoms with Crippen molar-refractivity contribution in [3.63, 3.8) is 0 Å².